The summed E-state index contributed by atoms with van der Waals surface area (Å²) in [7, 11) is 0. The molecule has 1 aromatic carbocycles. The number of para-hydroxylation sites is 1. The summed E-state index contributed by atoms with van der Waals surface area (Å²) in [5.74, 6) is 1.54. The van der Waals surface area contributed by atoms with Crippen molar-refractivity contribution in [2.45, 2.75) is 38.0 Å². The van der Waals surface area contributed by atoms with Crippen molar-refractivity contribution in [1.82, 2.24) is 20.0 Å². The first kappa shape index (κ1) is 10.8. The van der Waals surface area contributed by atoms with E-state index >= 15 is 0 Å². The number of nitrogens with zero attached hydrogens (tertiary/aromatic N) is 6. The van der Waals surface area contributed by atoms with Crippen molar-refractivity contribution >= 4 is 11.0 Å². The van der Waals surface area contributed by atoms with E-state index in [1.165, 1.54) is 19.3 Å². The molecule has 2 saturated carbocycles. The molecule has 4 atom stereocenters. The summed E-state index contributed by atoms with van der Waals surface area (Å²) < 4.78 is 1.93. The van der Waals surface area contributed by atoms with Crippen LogP contribution in [0.1, 0.15) is 19.3 Å². The molecule has 3 aliphatic rings. The summed E-state index contributed by atoms with van der Waals surface area (Å²) in [5, 5.41) is 19.5. The minimum atomic E-state index is 0.434. The Balaban J connectivity index is 1.46. The second kappa shape index (κ2) is 3.77. The molecule has 1 aliphatic heterocycles. The standard InChI is InChI=1S/C14H16N6/c1-2-4-12-11(3-1)15-17-19(12)8-20-14-10-6-5-9(7-10)13(14)16-18-20/h1-4,9-10,13-14H,5-8H2. The number of rotatable bonds is 2. The molecule has 20 heavy (non-hydrogen) atoms. The first-order valence-corrected chi connectivity index (χ1v) is 7.36. The lowest BCUT2D eigenvalue weighted by atomic mass is 9.91. The normalized spacial score (nSPS) is 34.3. The predicted molar refractivity (Wildman–Crippen MR) is 72.6 cm³/mol. The third-order valence-corrected chi connectivity index (χ3v) is 5.17. The summed E-state index contributed by atoms with van der Waals surface area (Å²) in [6, 6.07) is 8.99. The summed E-state index contributed by atoms with van der Waals surface area (Å²) in [6.45, 7) is 0.661. The van der Waals surface area contributed by atoms with Gasteiger partial charge in [0.25, 0.3) is 0 Å². The Morgan fingerprint density at radius 1 is 1.15 bits per heavy atom. The van der Waals surface area contributed by atoms with Crippen molar-refractivity contribution in [2.24, 2.45) is 22.2 Å². The second-order valence-corrected chi connectivity index (χ2v) is 6.18. The molecule has 2 fully saturated rings. The zero-order valence-corrected chi connectivity index (χ0v) is 11.1. The second-order valence-electron chi connectivity index (χ2n) is 6.18. The molecular formula is C14H16N6. The minimum absolute atomic E-state index is 0.434. The van der Waals surface area contributed by atoms with Crippen molar-refractivity contribution in [3.8, 4) is 0 Å². The highest BCUT2D eigenvalue weighted by Gasteiger charge is 2.53. The van der Waals surface area contributed by atoms with Gasteiger partial charge in [0.05, 0.1) is 17.6 Å². The van der Waals surface area contributed by atoms with Crippen molar-refractivity contribution in [3.63, 3.8) is 0 Å². The summed E-state index contributed by atoms with van der Waals surface area (Å²) in [5.41, 5.74) is 2.00. The first-order valence-electron chi connectivity index (χ1n) is 7.36. The number of aromatic nitrogens is 3. The fourth-order valence-electron chi connectivity index (χ4n) is 4.28. The van der Waals surface area contributed by atoms with E-state index in [-0.39, 0.29) is 0 Å². The Morgan fingerprint density at radius 2 is 2.05 bits per heavy atom. The molecule has 2 aromatic rings. The van der Waals surface area contributed by atoms with Gasteiger partial charge >= 0.3 is 0 Å². The zero-order chi connectivity index (χ0) is 13.1. The smallest absolute Gasteiger partial charge is 0.132 e. The number of hydrogen-bond acceptors (Lipinski definition) is 5. The van der Waals surface area contributed by atoms with Crippen LogP contribution in [0.3, 0.4) is 0 Å². The molecule has 1 aromatic heterocycles. The summed E-state index contributed by atoms with van der Waals surface area (Å²) in [4.78, 5) is 0. The van der Waals surface area contributed by atoms with E-state index in [4.69, 9.17) is 0 Å². The van der Waals surface area contributed by atoms with Crippen LogP contribution in [0.5, 0.6) is 0 Å². The fraction of sp³-hybridized carbons (Fsp3) is 0.571. The van der Waals surface area contributed by atoms with Gasteiger partial charge in [-0.05, 0) is 43.2 Å². The highest BCUT2D eigenvalue weighted by atomic mass is 15.7. The molecule has 102 valence electrons. The lowest BCUT2D eigenvalue weighted by molar-refractivity contribution is 0.126. The number of benzene rings is 1. The molecule has 0 saturated heterocycles. The molecule has 0 radical (unpaired) electrons. The topological polar surface area (TPSA) is 58.7 Å². The number of hydrogen-bond donors (Lipinski definition) is 0. The first-order chi connectivity index (χ1) is 9.90. The average molecular weight is 268 g/mol. The molecule has 2 heterocycles. The van der Waals surface area contributed by atoms with E-state index in [9.17, 15) is 0 Å². The number of fused-ring (bicyclic) bond motifs is 6. The van der Waals surface area contributed by atoms with Gasteiger partial charge in [0.15, 0.2) is 0 Å². The van der Waals surface area contributed by atoms with Crippen LogP contribution in [0.25, 0.3) is 11.0 Å². The van der Waals surface area contributed by atoms with Crippen LogP contribution < -0.4 is 0 Å². The average Bonchev–Trinajstić information content (AvgIpc) is 3.21. The van der Waals surface area contributed by atoms with Crippen LogP contribution in [-0.2, 0) is 6.67 Å². The Labute approximate surface area is 116 Å². The van der Waals surface area contributed by atoms with E-state index < -0.39 is 0 Å². The van der Waals surface area contributed by atoms with Gasteiger partial charge < -0.3 is 0 Å². The molecule has 5 rings (SSSR count). The van der Waals surface area contributed by atoms with Crippen LogP contribution in [0, 0.1) is 11.8 Å². The van der Waals surface area contributed by atoms with Crippen LogP contribution in [0.4, 0.5) is 0 Å². The van der Waals surface area contributed by atoms with Crippen LogP contribution in [0.15, 0.2) is 34.6 Å². The Hall–Kier alpha value is -1.98. The van der Waals surface area contributed by atoms with E-state index in [0.717, 1.165) is 22.9 Å². The van der Waals surface area contributed by atoms with E-state index in [1.807, 2.05) is 22.9 Å². The quantitative estimate of drug-likeness (QED) is 0.839. The highest BCUT2D eigenvalue weighted by molar-refractivity contribution is 5.73. The molecular weight excluding hydrogens is 252 g/mol. The van der Waals surface area contributed by atoms with E-state index in [1.54, 1.807) is 0 Å². The molecule has 0 spiro atoms. The molecule has 2 bridgehead atoms. The van der Waals surface area contributed by atoms with Crippen LogP contribution in [-0.4, -0.2) is 32.1 Å². The molecule has 6 nitrogen and oxygen atoms in total. The van der Waals surface area contributed by atoms with Gasteiger partial charge in [0.2, 0.25) is 0 Å². The maximum Gasteiger partial charge on any atom is 0.132 e. The minimum Gasteiger partial charge on any atom is -0.252 e. The lowest BCUT2D eigenvalue weighted by Gasteiger charge is -2.28. The highest BCUT2D eigenvalue weighted by Crippen LogP contribution is 2.50. The van der Waals surface area contributed by atoms with Gasteiger partial charge in [-0.3, -0.25) is 5.01 Å². The van der Waals surface area contributed by atoms with Crippen molar-refractivity contribution in [1.29, 1.82) is 0 Å². The Kier molecular flexibility index (Phi) is 2.03. The van der Waals surface area contributed by atoms with Crippen molar-refractivity contribution in [2.75, 3.05) is 0 Å². The molecule has 4 unspecified atom stereocenters. The molecule has 0 amide bonds. The van der Waals surface area contributed by atoms with E-state index in [2.05, 4.69) is 31.7 Å². The van der Waals surface area contributed by atoms with Crippen LogP contribution >= 0.6 is 0 Å². The van der Waals surface area contributed by atoms with Crippen molar-refractivity contribution in [3.05, 3.63) is 24.3 Å². The monoisotopic (exact) mass is 268 g/mol. The third-order valence-electron chi connectivity index (χ3n) is 5.17. The molecule has 6 heteroatoms. The fourth-order valence-corrected chi connectivity index (χ4v) is 4.28. The van der Waals surface area contributed by atoms with Crippen LogP contribution in [0.2, 0.25) is 0 Å². The van der Waals surface area contributed by atoms with Gasteiger partial charge in [0.1, 0.15) is 12.2 Å². The van der Waals surface area contributed by atoms with E-state index in [0.29, 0.717) is 18.8 Å². The third kappa shape index (κ3) is 1.34. The maximum atomic E-state index is 4.51. The van der Waals surface area contributed by atoms with Gasteiger partial charge in [-0.15, -0.1) is 5.10 Å². The largest absolute Gasteiger partial charge is 0.252 e. The van der Waals surface area contributed by atoms with Gasteiger partial charge in [-0.25, -0.2) is 4.68 Å². The SMILES string of the molecule is c1ccc2c(c1)nnn2CN1N=NC2C3CCC(C3)C21. The molecule has 0 N–H and O–H groups in total. The van der Waals surface area contributed by atoms with Gasteiger partial charge in [0, 0.05) is 0 Å². The Bertz CT molecular complexity index is 692. The lowest BCUT2D eigenvalue weighted by Crippen LogP contribution is -2.40. The summed E-state index contributed by atoms with van der Waals surface area (Å²) >= 11 is 0. The Morgan fingerprint density at radius 3 is 3.05 bits per heavy atom. The summed E-state index contributed by atoms with van der Waals surface area (Å²) in [6.07, 6.45) is 4.01. The van der Waals surface area contributed by atoms with Gasteiger partial charge in [-0.2, -0.15) is 5.11 Å². The maximum absolute atomic E-state index is 4.51. The van der Waals surface area contributed by atoms with Gasteiger partial charge in [-0.1, -0.05) is 22.6 Å². The predicted octanol–water partition coefficient (Wildman–Crippen LogP) is 2.24. The molecule has 2 aliphatic carbocycles. The zero-order valence-electron chi connectivity index (χ0n) is 11.1. The van der Waals surface area contributed by atoms with Crippen molar-refractivity contribution < 1.29 is 0 Å².